The molecule has 0 spiro atoms. The van der Waals surface area contributed by atoms with Crippen LogP contribution < -0.4 is 9.80 Å². The Morgan fingerprint density at radius 1 is 1.00 bits per heavy atom. The van der Waals surface area contributed by atoms with Crippen LogP contribution in [0.4, 0.5) is 16.6 Å². The van der Waals surface area contributed by atoms with Crippen molar-refractivity contribution in [3.63, 3.8) is 0 Å². The molecule has 4 aromatic heterocycles. The Morgan fingerprint density at radius 3 is 2.71 bits per heavy atom. The van der Waals surface area contributed by atoms with Crippen LogP contribution in [0, 0.1) is 0 Å². The number of nitrogens with one attached hydrogen (secondary N) is 2. The Labute approximate surface area is 204 Å². The molecule has 5 heterocycles. The summed E-state index contributed by atoms with van der Waals surface area (Å²) in [6.07, 6.45) is 9.41. The van der Waals surface area contributed by atoms with Gasteiger partial charge in [-0.25, -0.2) is 0 Å². The Bertz CT molecular complexity index is 1590. The second kappa shape index (κ2) is 7.71. The van der Waals surface area contributed by atoms with Crippen LogP contribution in [0.3, 0.4) is 0 Å². The number of aromatic amines is 2. The maximum atomic E-state index is 5.30. The summed E-state index contributed by atoms with van der Waals surface area (Å²) >= 11 is 1.70. The zero-order chi connectivity index (χ0) is 23.2. The predicted molar refractivity (Wildman–Crippen MR) is 136 cm³/mol. The minimum absolute atomic E-state index is 0.667. The van der Waals surface area contributed by atoms with Gasteiger partial charge in [-0.05, 0) is 41.3 Å². The van der Waals surface area contributed by atoms with Gasteiger partial charge in [0.2, 0.25) is 0 Å². The summed E-state index contributed by atoms with van der Waals surface area (Å²) in [5.41, 5.74) is 2.19. The molecule has 0 radical (unpaired) electrons. The van der Waals surface area contributed by atoms with Crippen LogP contribution in [0.25, 0.3) is 16.2 Å². The van der Waals surface area contributed by atoms with Crippen LogP contribution in [-0.4, -0.2) is 25.6 Å². The van der Waals surface area contributed by atoms with Gasteiger partial charge in [-0.3, -0.25) is 9.80 Å². The number of aromatic nitrogens is 5. The minimum Gasteiger partial charge on any atom is -0.363 e. The molecule has 35 heavy (non-hydrogen) atoms. The molecule has 0 aliphatic carbocycles. The second-order valence-electron chi connectivity index (χ2n) is 8.17. The number of hydrogen-bond donors (Lipinski definition) is 2. The molecule has 2 N–H and O–H groups in total. The van der Waals surface area contributed by atoms with Gasteiger partial charge in [0, 0.05) is 28.7 Å². The van der Waals surface area contributed by atoms with Crippen molar-refractivity contribution in [1.29, 1.82) is 0 Å². The summed E-state index contributed by atoms with van der Waals surface area (Å²) in [4.78, 5) is 7.82. The van der Waals surface area contributed by atoms with E-state index in [1.165, 1.54) is 4.70 Å². The van der Waals surface area contributed by atoms with E-state index in [1.807, 2.05) is 30.6 Å². The van der Waals surface area contributed by atoms with Crippen molar-refractivity contribution in [2.75, 3.05) is 9.80 Å². The summed E-state index contributed by atoms with van der Waals surface area (Å²) < 4.78 is 6.49. The zero-order valence-corrected chi connectivity index (χ0v) is 19.2. The fourth-order valence-electron chi connectivity index (χ4n) is 4.92. The van der Waals surface area contributed by atoms with E-state index in [0.29, 0.717) is 11.6 Å². The summed E-state index contributed by atoms with van der Waals surface area (Å²) in [6, 6.07) is 24.9. The predicted octanol–water partition coefficient (Wildman–Crippen LogP) is 5.87. The molecule has 1 aliphatic rings. The fourth-order valence-corrected chi connectivity index (χ4v) is 6.03. The SMILES string of the molecule is C1=CN(c2ccon2)C(c2ccc[nH]2)(N(c2cn[nH]n2)c2cc3ccccc3s2)c2ccccc21. The molecular weight excluding hydrogens is 458 g/mol. The van der Waals surface area contributed by atoms with Crippen molar-refractivity contribution in [2.24, 2.45) is 0 Å². The van der Waals surface area contributed by atoms with E-state index in [9.17, 15) is 0 Å². The van der Waals surface area contributed by atoms with Gasteiger partial charge in [0.1, 0.15) is 11.3 Å². The van der Waals surface area contributed by atoms with E-state index >= 15 is 0 Å². The molecule has 0 saturated heterocycles. The molecule has 1 aliphatic heterocycles. The normalized spacial score (nSPS) is 17.1. The third-order valence-electron chi connectivity index (χ3n) is 6.32. The number of nitrogens with zero attached hydrogens (tertiary/aromatic N) is 5. The number of fused-ring (bicyclic) bond motifs is 2. The monoisotopic (exact) mass is 477 g/mol. The molecular formula is C26H19N7OS. The standard InChI is InChI=1S/C26H19N7OS/c1-3-8-20-18(6-1)11-14-32(23-12-15-34-30-23)26(20,22-10-5-13-27-22)33(24-17-28-31-29-24)25-16-19-7-2-4-9-21(19)35-25/h1-17,27H,(H,28,29,31). The van der Waals surface area contributed by atoms with E-state index in [-0.39, 0.29) is 0 Å². The first-order valence-corrected chi connectivity index (χ1v) is 11.9. The van der Waals surface area contributed by atoms with Crippen LogP contribution in [0.1, 0.15) is 16.8 Å². The van der Waals surface area contributed by atoms with Crippen molar-refractivity contribution in [3.05, 3.63) is 114 Å². The lowest BCUT2D eigenvalue weighted by molar-refractivity contribution is 0.411. The number of benzene rings is 2. The van der Waals surface area contributed by atoms with E-state index < -0.39 is 5.66 Å². The number of thiophene rings is 1. The van der Waals surface area contributed by atoms with E-state index in [2.05, 4.69) is 96.0 Å². The first-order valence-electron chi connectivity index (χ1n) is 11.1. The van der Waals surface area contributed by atoms with Gasteiger partial charge < -0.3 is 9.51 Å². The highest BCUT2D eigenvalue weighted by atomic mass is 32.1. The molecule has 8 nitrogen and oxygen atoms in total. The van der Waals surface area contributed by atoms with Gasteiger partial charge in [-0.1, -0.05) is 47.6 Å². The first-order chi connectivity index (χ1) is 17.4. The highest BCUT2D eigenvalue weighted by Gasteiger charge is 2.52. The van der Waals surface area contributed by atoms with Crippen molar-refractivity contribution in [3.8, 4) is 0 Å². The molecule has 0 fully saturated rings. The number of rotatable bonds is 5. The lowest BCUT2D eigenvalue weighted by Crippen LogP contribution is -2.57. The van der Waals surface area contributed by atoms with Crippen molar-refractivity contribution >= 4 is 44.1 Å². The van der Waals surface area contributed by atoms with Gasteiger partial charge in [0.25, 0.3) is 0 Å². The quantitative estimate of drug-likeness (QED) is 0.323. The third-order valence-corrected chi connectivity index (χ3v) is 7.42. The van der Waals surface area contributed by atoms with Gasteiger partial charge in [0.05, 0.1) is 11.9 Å². The molecule has 0 saturated carbocycles. The van der Waals surface area contributed by atoms with Crippen molar-refractivity contribution < 1.29 is 4.52 Å². The molecule has 1 atom stereocenters. The molecule has 0 amide bonds. The van der Waals surface area contributed by atoms with Crippen molar-refractivity contribution in [2.45, 2.75) is 5.66 Å². The van der Waals surface area contributed by atoms with Crippen LogP contribution >= 0.6 is 11.3 Å². The smallest absolute Gasteiger partial charge is 0.193 e. The average molecular weight is 478 g/mol. The van der Waals surface area contributed by atoms with Crippen LogP contribution in [0.2, 0.25) is 0 Å². The number of anilines is 3. The maximum Gasteiger partial charge on any atom is 0.193 e. The van der Waals surface area contributed by atoms with Gasteiger partial charge in [0.15, 0.2) is 17.3 Å². The Kier molecular flexibility index (Phi) is 4.36. The molecule has 9 heteroatoms. The average Bonchev–Trinajstić information content (AvgIpc) is 3.70. The fraction of sp³-hybridized carbons (Fsp3) is 0.0385. The van der Waals surface area contributed by atoms with Crippen LogP contribution in [0.5, 0.6) is 0 Å². The minimum atomic E-state index is -0.913. The van der Waals surface area contributed by atoms with Gasteiger partial charge in [-0.15, -0.1) is 16.4 Å². The highest BCUT2D eigenvalue weighted by Crippen LogP contribution is 2.52. The van der Waals surface area contributed by atoms with Gasteiger partial charge in [-0.2, -0.15) is 10.3 Å². The lowest BCUT2D eigenvalue weighted by Gasteiger charge is -2.50. The lowest BCUT2D eigenvalue weighted by atomic mass is 9.85. The zero-order valence-electron chi connectivity index (χ0n) is 18.4. The summed E-state index contributed by atoms with van der Waals surface area (Å²) in [7, 11) is 0. The largest absolute Gasteiger partial charge is 0.363 e. The van der Waals surface area contributed by atoms with Crippen LogP contribution in [-0.2, 0) is 5.66 Å². The Hall–Kier alpha value is -4.63. The van der Waals surface area contributed by atoms with E-state index in [1.54, 1.807) is 23.8 Å². The Morgan fingerprint density at radius 2 is 1.91 bits per heavy atom. The Balaban J connectivity index is 1.62. The van der Waals surface area contributed by atoms with Crippen molar-refractivity contribution in [1.82, 2.24) is 25.6 Å². The van der Waals surface area contributed by atoms with Gasteiger partial charge >= 0.3 is 0 Å². The highest BCUT2D eigenvalue weighted by molar-refractivity contribution is 7.22. The van der Waals surface area contributed by atoms with E-state index in [0.717, 1.165) is 27.2 Å². The third kappa shape index (κ3) is 2.88. The first kappa shape index (κ1) is 19.8. The molecule has 2 aromatic carbocycles. The number of hydrogen-bond acceptors (Lipinski definition) is 7. The summed E-state index contributed by atoms with van der Waals surface area (Å²) in [5, 5.41) is 18.1. The molecule has 1 unspecified atom stereocenters. The number of H-pyrrole nitrogens is 2. The van der Waals surface area contributed by atoms with Crippen LogP contribution in [0.15, 0.2) is 102 Å². The summed E-state index contributed by atoms with van der Waals surface area (Å²) in [5.74, 6) is 1.34. The molecule has 0 bridgehead atoms. The topological polar surface area (TPSA) is 89.9 Å². The van der Waals surface area contributed by atoms with E-state index in [4.69, 9.17) is 4.52 Å². The maximum absolute atomic E-state index is 5.30. The molecule has 7 rings (SSSR count). The molecule has 170 valence electrons. The summed E-state index contributed by atoms with van der Waals surface area (Å²) in [6.45, 7) is 0. The molecule has 6 aromatic rings. The second-order valence-corrected chi connectivity index (χ2v) is 9.23.